The van der Waals surface area contributed by atoms with Crippen LogP contribution in [0, 0.1) is 0 Å². The average molecular weight is 629 g/mol. The molecule has 0 aliphatic carbocycles. The number of fused-ring (bicyclic) bond motifs is 7. The average Bonchev–Trinajstić information content (AvgIpc) is 3.77. The summed E-state index contributed by atoms with van der Waals surface area (Å²) in [7, 11) is 0. The Hall–Kier alpha value is -6.65. The van der Waals surface area contributed by atoms with Crippen LogP contribution in [-0.4, -0.2) is 4.98 Å². The summed E-state index contributed by atoms with van der Waals surface area (Å²) in [6, 6.07) is 59.1. The van der Waals surface area contributed by atoms with E-state index in [0.29, 0.717) is 11.5 Å². The number of oxazole rings is 1. The molecule has 4 nitrogen and oxygen atoms in total. The van der Waals surface area contributed by atoms with Crippen LogP contribution in [0.5, 0.6) is 0 Å². The molecule has 0 aliphatic rings. The van der Waals surface area contributed by atoms with E-state index in [1.54, 1.807) is 0 Å². The highest BCUT2D eigenvalue weighted by Gasteiger charge is 2.26. The van der Waals surface area contributed by atoms with Gasteiger partial charge in [0.2, 0.25) is 5.89 Å². The molecule has 4 heteroatoms. The van der Waals surface area contributed by atoms with E-state index in [2.05, 4.69) is 120 Å². The molecule has 2 heterocycles. The molecule has 0 N–H and O–H groups in total. The molecule has 49 heavy (non-hydrogen) atoms. The Bertz CT molecular complexity index is 2820. The third kappa shape index (κ3) is 4.49. The summed E-state index contributed by atoms with van der Waals surface area (Å²) in [5, 5.41) is 6.83. The maximum Gasteiger partial charge on any atom is 0.227 e. The van der Waals surface area contributed by atoms with Crippen molar-refractivity contribution < 1.29 is 8.83 Å². The second kappa shape index (κ2) is 11.0. The van der Waals surface area contributed by atoms with Crippen LogP contribution < -0.4 is 4.90 Å². The molecule has 0 spiro atoms. The van der Waals surface area contributed by atoms with Crippen molar-refractivity contribution in [2.45, 2.75) is 0 Å². The molecule has 0 unspecified atom stereocenters. The Morgan fingerprint density at radius 2 is 1.04 bits per heavy atom. The Labute approximate surface area is 282 Å². The fraction of sp³-hybridized carbons (Fsp3) is 0. The minimum absolute atomic E-state index is 0.568. The SMILES string of the molecule is c1ccc(-c2ccc(N(c3ccc4c(ccc5ccccc54)c3)c3c4nc(-c5ccccc5)oc4cc4c3oc3ccccc34)cc2)cc1. The summed E-state index contributed by atoms with van der Waals surface area (Å²) in [6.45, 7) is 0. The molecule has 0 atom stereocenters. The summed E-state index contributed by atoms with van der Waals surface area (Å²) in [4.78, 5) is 7.45. The maximum atomic E-state index is 6.75. The highest BCUT2D eigenvalue weighted by atomic mass is 16.4. The maximum absolute atomic E-state index is 6.75. The van der Waals surface area contributed by atoms with E-state index in [0.717, 1.165) is 61.0 Å². The smallest absolute Gasteiger partial charge is 0.227 e. The van der Waals surface area contributed by atoms with Gasteiger partial charge in [-0.3, -0.25) is 0 Å². The van der Waals surface area contributed by atoms with Gasteiger partial charge >= 0.3 is 0 Å². The first kappa shape index (κ1) is 27.5. The molecule has 0 saturated heterocycles. The Morgan fingerprint density at radius 1 is 0.408 bits per heavy atom. The van der Waals surface area contributed by atoms with Crippen molar-refractivity contribution in [3.8, 4) is 22.6 Å². The number of benzene rings is 8. The summed E-state index contributed by atoms with van der Waals surface area (Å²) < 4.78 is 13.3. The van der Waals surface area contributed by atoms with Crippen molar-refractivity contribution in [3.05, 3.63) is 170 Å². The highest BCUT2D eigenvalue weighted by molar-refractivity contribution is 6.18. The molecule has 10 rings (SSSR count). The predicted molar refractivity (Wildman–Crippen MR) is 202 cm³/mol. The van der Waals surface area contributed by atoms with E-state index in [-0.39, 0.29) is 0 Å². The Kier molecular flexibility index (Phi) is 6.15. The topological polar surface area (TPSA) is 42.4 Å². The Morgan fingerprint density at radius 3 is 1.86 bits per heavy atom. The zero-order chi connectivity index (χ0) is 32.3. The van der Waals surface area contributed by atoms with Gasteiger partial charge in [-0.2, -0.15) is 0 Å². The van der Waals surface area contributed by atoms with Crippen LogP contribution in [-0.2, 0) is 0 Å². The third-order valence-corrected chi connectivity index (χ3v) is 9.47. The minimum atomic E-state index is 0.568. The van der Waals surface area contributed by atoms with Crippen LogP contribution >= 0.6 is 0 Å². The molecular formula is C45H28N2O2. The summed E-state index contributed by atoms with van der Waals surface area (Å²) >= 11 is 0. The monoisotopic (exact) mass is 628 g/mol. The number of rotatable bonds is 5. The first-order valence-corrected chi connectivity index (χ1v) is 16.5. The number of furan rings is 1. The number of hydrogen-bond acceptors (Lipinski definition) is 4. The number of anilines is 3. The van der Waals surface area contributed by atoms with Crippen molar-refractivity contribution in [1.82, 2.24) is 4.98 Å². The van der Waals surface area contributed by atoms with Gasteiger partial charge in [-0.05, 0) is 81.2 Å². The largest absolute Gasteiger partial charge is 0.454 e. The van der Waals surface area contributed by atoms with Gasteiger partial charge in [0.25, 0.3) is 0 Å². The van der Waals surface area contributed by atoms with Crippen molar-refractivity contribution in [3.63, 3.8) is 0 Å². The molecule has 0 fully saturated rings. The lowest BCUT2D eigenvalue weighted by Gasteiger charge is -2.26. The van der Waals surface area contributed by atoms with E-state index in [1.807, 2.05) is 54.6 Å². The number of nitrogens with zero attached hydrogens (tertiary/aromatic N) is 2. The second-order valence-electron chi connectivity index (χ2n) is 12.4. The molecule has 0 bridgehead atoms. The summed E-state index contributed by atoms with van der Waals surface area (Å²) in [5.41, 5.74) is 9.06. The normalized spacial score (nSPS) is 11.7. The summed E-state index contributed by atoms with van der Waals surface area (Å²) in [5.74, 6) is 0.568. The molecule has 0 aliphatic heterocycles. The standard InChI is InChI=1S/C45H28N2O2/c1-3-11-29(12-4-1)30-21-23-34(24-22-30)47(35-25-26-37-33(27-35)20-19-31-13-7-8-16-36(31)37)43-42-41(49-45(46-42)32-14-5-2-6-15-32)28-39-38-17-9-10-18-40(38)48-44(39)43/h1-28H. The number of aromatic nitrogens is 1. The van der Waals surface area contributed by atoms with Gasteiger partial charge in [-0.25, -0.2) is 4.98 Å². The van der Waals surface area contributed by atoms with E-state index < -0.39 is 0 Å². The first-order valence-electron chi connectivity index (χ1n) is 16.5. The zero-order valence-corrected chi connectivity index (χ0v) is 26.4. The number of para-hydroxylation sites is 1. The fourth-order valence-electron chi connectivity index (χ4n) is 7.11. The van der Waals surface area contributed by atoms with Gasteiger partial charge in [0.05, 0.1) is 0 Å². The lowest BCUT2D eigenvalue weighted by Crippen LogP contribution is -2.11. The lowest BCUT2D eigenvalue weighted by atomic mass is 10.0. The van der Waals surface area contributed by atoms with Crippen LogP contribution in [0.15, 0.2) is 179 Å². The van der Waals surface area contributed by atoms with Crippen molar-refractivity contribution >= 4 is 71.6 Å². The van der Waals surface area contributed by atoms with Crippen molar-refractivity contribution in [1.29, 1.82) is 0 Å². The van der Waals surface area contributed by atoms with Gasteiger partial charge in [0, 0.05) is 27.7 Å². The number of hydrogen-bond donors (Lipinski definition) is 0. The predicted octanol–water partition coefficient (Wildman–Crippen LogP) is 12.8. The van der Waals surface area contributed by atoms with Gasteiger partial charge in [-0.1, -0.05) is 121 Å². The molecule has 2 aromatic heterocycles. The minimum Gasteiger partial charge on any atom is -0.454 e. The molecule has 230 valence electrons. The molecule has 0 amide bonds. The Balaban J connectivity index is 1.28. The van der Waals surface area contributed by atoms with Crippen LogP contribution in [0.1, 0.15) is 0 Å². The lowest BCUT2D eigenvalue weighted by molar-refractivity contribution is 0.620. The second-order valence-corrected chi connectivity index (χ2v) is 12.4. The van der Waals surface area contributed by atoms with Gasteiger partial charge in [0.1, 0.15) is 16.8 Å². The van der Waals surface area contributed by atoms with Crippen LogP contribution in [0.25, 0.3) is 77.2 Å². The van der Waals surface area contributed by atoms with Crippen molar-refractivity contribution in [2.24, 2.45) is 0 Å². The molecule has 0 radical (unpaired) electrons. The van der Waals surface area contributed by atoms with Crippen LogP contribution in [0.3, 0.4) is 0 Å². The zero-order valence-electron chi connectivity index (χ0n) is 26.4. The van der Waals surface area contributed by atoms with Gasteiger partial charge < -0.3 is 13.7 Å². The quantitative estimate of drug-likeness (QED) is 0.178. The fourth-order valence-corrected chi connectivity index (χ4v) is 7.11. The van der Waals surface area contributed by atoms with E-state index in [1.165, 1.54) is 21.7 Å². The molecule has 0 saturated carbocycles. The van der Waals surface area contributed by atoms with Crippen LogP contribution in [0.2, 0.25) is 0 Å². The van der Waals surface area contributed by atoms with E-state index >= 15 is 0 Å². The highest BCUT2D eigenvalue weighted by Crippen LogP contribution is 2.48. The molecule has 10 aromatic rings. The van der Waals surface area contributed by atoms with Crippen molar-refractivity contribution in [2.75, 3.05) is 4.90 Å². The summed E-state index contributed by atoms with van der Waals surface area (Å²) in [6.07, 6.45) is 0. The first-order chi connectivity index (χ1) is 24.3. The molecular weight excluding hydrogens is 601 g/mol. The third-order valence-electron chi connectivity index (χ3n) is 9.47. The van der Waals surface area contributed by atoms with E-state index in [4.69, 9.17) is 13.8 Å². The van der Waals surface area contributed by atoms with Crippen LogP contribution in [0.4, 0.5) is 17.1 Å². The van der Waals surface area contributed by atoms with Gasteiger partial charge in [-0.15, -0.1) is 0 Å². The van der Waals surface area contributed by atoms with Gasteiger partial charge in [0.15, 0.2) is 11.2 Å². The molecule has 8 aromatic carbocycles. The van der Waals surface area contributed by atoms with E-state index in [9.17, 15) is 0 Å².